The van der Waals surface area contributed by atoms with Crippen molar-refractivity contribution in [3.8, 4) is 5.88 Å². The summed E-state index contributed by atoms with van der Waals surface area (Å²) in [6, 6.07) is 6.13. The Balaban J connectivity index is 1.28. The first-order valence-electron chi connectivity index (χ1n) is 9.17. The van der Waals surface area contributed by atoms with Crippen molar-refractivity contribution in [2.24, 2.45) is 18.9 Å². The molecule has 2 atom stereocenters. The second-order valence-corrected chi connectivity index (χ2v) is 7.11. The van der Waals surface area contributed by atoms with Crippen molar-refractivity contribution in [1.29, 1.82) is 0 Å². The molecule has 6 nitrogen and oxygen atoms in total. The number of nitrogens with one attached hydrogen (secondary N) is 1. The molecule has 2 aromatic heterocycles. The molecule has 2 aliphatic rings. The van der Waals surface area contributed by atoms with Gasteiger partial charge in [0.15, 0.2) is 0 Å². The van der Waals surface area contributed by atoms with Crippen molar-refractivity contribution >= 4 is 0 Å². The van der Waals surface area contributed by atoms with Gasteiger partial charge in [-0.2, -0.15) is 5.10 Å². The van der Waals surface area contributed by atoms with Crippen LogP contribution in [0.2, 0.25) is 0 Å². The second-order valence-electron chi connectivity index (χ2n) is 7.11. The number of hydrogen-bond acceptors (Lipinski definition) is 5. The van der Waals surface area contributed by atoms with E-state index in [1.165, 1.54) is 18.4 Å². The van der Waals surface area contributed by atoms with Crippen LogP contribution in [-0.2, 0) is 18.3 Å². The smallest absolute Gasteiger partial charge is 0.213 e. The molecule has 0 spiro atoms. The predicted octanol–water partition coefficient (Wildman–Crippen LogP) is 2.47. The maximum absolute atomic E-state index is 5.94. The normalized spacial score (nSPS) is 23.1. The summed E-state index contributed by atoms with van der Waals surface area (Å²) in [4.78, 5) is 4.30. The number of aromatic nitrogens is 3. The predicted molar refractivity (Wildman–Crippen MR) is 94.2 cm³/mol. The van der Waals surface area contributed by atoms with Gasteiger partial charge in [-0.1, -0.05) is 0 Å². The third kappa shape index (κ3) is 4.19. The van der Waals surface area contributed by atoms with E-state index >= 15 is 0 Å². The van der Waals surface area contributed by atoms with Gasteiger partial charge in [-0.3, -0.25) is 4.68 Å². The minimum Gasteiger partial charge on any atom is -0.477 e. The molecule has 0 bridgehead atoms. The Labute approximate surface area is 148 Å². The first-order chi connectivity index (χ1) is 12.3. The lowest BCUT2D eigenvalue weighted by Gasteiger charge is -2.19. The van der Waals surface area contributed by atoms with E-state index in [2.05, 4.69) is 21.5 Å². The van der Waals surface area contributed by atoms with Gasteiger partial charge in [0.1, 0.15) is 6.10 Å². The van der Waals surface area contributed by atoms with Crippen molar-refractivity contribution in [3.63, 3.8) is 0 Å². The summed E-state index contributed by atoms with van der Waals surface area (Å²) in [5.41, 5.74) is 2.36. The number of ether oxygens (including phenoxy) is 2. The van der Waals surface area contributed by atoms with E-state index in [4.69, 9.17) is 9.47 Å². The zero-order valence-electron chi connectivity index (χ0n) is 14.7. The van der Waals surface area contributed by atoms with E-state index in [9.17, 15) is 0 Å². The van der Waals surface area contributed by atoms with Gasteiger partial charge in [0, 0.05) is 51.1 Å². The first-order valence-corrected chi connectivity index (χ1v) is 9.17. The monoisotopic (exact) mass is 342 g/mol. The van der Waals surface area contributed by atoms with Gasteiger partial charge in [-0.05, 0) is 42.9 Å². The molecule has 0 amide bonds. The summed E-state index contributed by atoms with van der Waals surface area (Å²) in [6.07, 6.45) is 7.47. The van der Waals surface area contributed by atoms with E-state index in [1.807, 2.05) is 36.3 Å². The van der Waals surface area contributed by atoms with Crippen molar-refractivity contribution < 1.29 is 9.47 Å². The highest BCUT2D eigenvalue weighted by molar-refractivity contribution is 5.20. The minimum absolute atomic E-state index is 0.134. The van der Waals surface area contributed by atoms with E-state index in [-0.39, 0.29) is 6.10 Å². The van der Waals surface area contributed by atoms with Crippen molar-refractivity contribution in [1.82, 2.24) is 20.1 Å². The SMILES string of the molecule is Cn1nccc1[C@@H]1OCC[C@H]1CNCc1ccnc(OCC2CC2)c1. The molecule has 1 saturated carbocycles. The van der Waals surface area contributed by atoms with Crippen LogP contribution in [0.25, 0.3) is 0 Å². The lowest BCUT2D eigenvalue weighted by atomic mass is 9.99. The Bertz CT molecular complexity index is 698. The summed E-state index contributed by atoms with van der Waals surface area (Å²) in [5, 5.41) is 7.83. The molecule has 6 heteroatoms. The van der Waals surface area contributed by atoms with Crippen LogP contribution in [0.5, 0.6) is 5.88 Å². The third-order valence-electron chi connectivity index (χ3n) is 5.06. The first kappa shape index (κ1) is 16.5. The van der Waals surface area contributed by atoms with Crippen LogP contribution in [0, 0.1) is 11.8 Å². The fourth-order valence-electron chi connectivity index (χ4n) is 3.36. The molecule has 1 aliphatic carbocycles. The van der Waals surface area contributed by atoms with Gasteiger partial charge < -0.3 is 14.8 Å². The molecular formula is C19H26N4O2. The van der Waals surface area contributed by atoms with Crippen LogP contribution in [0.4, 0.5) is 0 Å². The Morgan fingerprint density at radius 2 is 2.20 bits per heavy atom. The fourth-order valence-corrected chi connectivity index (χ4v) is 3.36. The third-order valence-corrected chi connectivity index (χ3v) is 5.06. The molecule has 0 radical (unpaired) electrons. The molecule has 1 saturated heterocycles. The van der Waals surface area contributed by atoms with Gasteiger partial charge in [0.2, 0.25) is 5.88 Å². The molecular weight excluding hydrogens is 316 g/mol. The molecule has 0 aromatic carbocycles. The average Bonchev–Trinajstić information content (AvgIpc) is 3.19. The highest BCUT2D eigenvalue weighted by atomic mass is 16.5. The quantitative estimate of drug-likeness (QED) is 0.798. The fraction of sp³-hybridized carbons (Fsp3) is 0.579. The number of hydrogen-bond donors (Lipinski definition) is 1. The van der Waals surface area contributed by atoms with Crippen LogP contribution in [0.1, 0.15) is 36.6 Å². The van der Waals surface area contributed by atoms with Crippen molar-refractivity contribution in [2.75, 3.05) is 19.8 Å². The minimum atomic E-state index is 0.134. The lowest BCUT2D eigenvalue weighted by molar-refractivity contribution is 0.0838. The van der Waals surface area contributed by atoms with Gasteiger partial charge in [0.25, 0.3) is 0 Å². The molecule has 1 aliphatic heterocycles. The van der Waals surface area contributed by atoms with E-state index < -0.39 is 0 Å². The summed E-state index contributed by atoms with van der Waals surface area (Å²) in [6.45, 7) is 3.36. The molecule has 1 N–H and O–H groups in total. The Morgan fingerprint density at radius 3 is 3.00 bits per heavy atom. The molecule has 0 unspecified atom stereocenters. The Morgan fingerprint density at radius 1 is 1.28 bits per heavy atom. The van der Waals surface area contributed by atoms with Gasteiger partial charge in [-0.15, -0.1) is 0 Å². The summed E-state index contributed by atoms with van der Waals surface area (Å²) in [5.74, 6) is 1.96. The Kier molecular flexibility index (Phi) is 4.99. The molecule has 25 heavy (non-hydrogen) atoms. The molecule has 2 fully saturated rings. The van der Waals surface area contributed by atoms with E-state index in [1.54, 1.807) is 0 Å². The topological polar surface area (TPSA) is 61.2 Å². The summed E-state index contributed by atoms with van der Waals surface area (Å²) in [7, 11) is 1.97. The van der Waals surface area contributed by atoms with E-state index in [0.29, 0.717) is 5.92 Å². The Hall–Kier alpha value is -1.92. The van der Waals surface area contributed by atoms with Gasteiger partial charge >= 0.3 is 0 Å². The van der Waals surface area contributed by atoms with Gasteiger partial charge in [-0.25, -0.2) is 4.98 Å². The number of rotatable bonds is 8. The second kappa shape index (κ2) is 7.54. The summed E-state index contributed by atoms with van der Waals surface area (Å²) < 4.78 is 13.6. The standard InChI is InChI=1S/C19H26N4O2/c1-23-17(5-8-22-23)19-16(6-9-24-19)12-20-11-15-4-7-21-18(10-15)25-13-14-2-3-14/h4-5,7-8,10,14,16,19-20H,2-3,6,9,11-13H2,1H3/t16-,19+/m0/s1. The van der Waals surface area contributed by atoms with Crippen molar-refractivity contribution in [2.45, 2.75) is 31.9 Å². The largest absolute Gasteiger partial charge is 0.477 e. The molecule has 134 valence electrons. The summed E-state index contributed by atoms with van der Waals surface area (Å²) >= 11 is 0. The number of pyridine rings is 1. The maximum Gasteiger partial charge on any atom is 0.213 e. The highest BCUT2D eigenvalue weighted by Gasteiger charge is 2.31. The lowest BCUT2D eigenvalue weighted by Crippen LogP contribution is -2.25. The van der Waals surface area contributed by atoms with Crippen LogP contribution in [0.15, 0.2) is 30.6 Å². The highest BCUT2D eigenvalue weighted by Crippen LogP contribution is 2.33. The molecule has 2 aromatic rings. The van der Waals surface area contributed by atoms with Crippen LogP contribution in [0.3, 0.4) is 0 Å². The van der Waals surface area contributed by atoms with Crippen LogP contribution >= 0.6 is 0 Å². The van der Waals surface area contributed by atoms with Crippen LogP contribution < -0.4 is 10.1 Å². The van der Waals surface area contributed by atoms with E-state index in [0.717, 1.165) is 50.2 Å². The van der Waals surface area contributed by atoms with Crippen molar-refractivity contribution in [3.05, 3.63) is 41.9 Å². The molecule has 4 rings (SSSR count). The van der Waals surface area contributed by atoms with Gasteiger partial charge in [0.05, 0.1) is 12.3 Å². The zero-order valence-corrected chi connectivity index (χ0v) is 14.7. The maximum atomic E-state index is 5.94. The number of nitrogens with zero attached hydrogens (tertiary/aromatic N) is 3. The van der Waals surface area contributed by atoms with Crippen LogP contribution in [-0.4, -0.2) is 34.5 Å². The number of aryl methyl sites for hydroxylation is 1. The average molecular weight is 342 g/mol. The zero-order chi connectivity index (χ0) is 17.1. The molecule has 3 heterocycles.